The third-order valence-electron chi connectivity index (χ3n) is 8.11. The molecule has 0 aliphatic carbocycles. The zero-order valence-corrected chi connectivity index (χ0v) is 21.4. The summed E-state index contributed by atoms with van der Waals surface area (Å²) in [7, 11) is 0. The standard InChI is InChI=1S/C32H33N3O2/c1-22-8-7-17-35(21-22)31(36)24-15-18-34(19-16-24)32(37)28-20-30(33-29-14-5-4-12-27(28)29)26-13-6-10-23-9-2-3-11-25(23)26/h2-6,9-14,20,22,24H,7-8,15-19,21H2,1H3. The largest absolute Gasteiger partial charge is 0.342 e. The van der Waals surface area contributed by atoms with Gasteiger partial charge in [-0.15, -0.1) is 0 Å². The van der Waals surface area contributed by atoms with Crippen LogP contribution in [0.4, 0.5) is 0 Å². The maximum Gasteiger partial charge on any atom is 0.254 e. The molecule has 5 heteroatoms. The van der Waals surface area contributed by atoms with E-state index in [0.29, 0.717) is 24.6 Å². The van der Waals surface area contributed by atoms with E-state index < -0.39 is 0 Å². The average molecular weight is 492 g/mol. The SMILES string of the molecule is CC1CCCN(C(=O)C2CCN(C(=O)c3cc(-c4cccc5ccccc45)nc4ccccc34)CC2)C1. The van der Waals surface area contributed by atoms with Crippen LogP contribution in [-0.2, 0) is 4.79 Å². The Labute approximate surface area is 218 Å². The van der Waals surface area contributed by atoms with Crippen molar-refractivity contribution in [3.63, 3.8) is 0 Å². The van der Waals surface area contributed by atoms with E-state index >= 15 is 0 Å². The number of hydrogen-bond donors (Lipinski definition) is 0. The van der Waals surface area contributed by atoms with E-state index in [-0.39, 0.29) is 17.7 Å². The second-order valence-electron chi connectivity index (χ2n) is 10.7. The van der Waals surface area contributed by atoms with Gasteiger partial charge in [0, 0.05) is 43.0 Å². The minimum atomic E-state index is 0.0229. The summed E-state index contributed by atoms with van der Waals surface area (Å²) in [4.78, 5) is 36.0. The number of aromatic nitrogens is 1. The molecule has 0 bridgehead atoms. The van der Waals surface area contributed by atoms with Gasteiger partial charge in [0.15, 0.2) is 0 Å². The number of para-hydroxylation sites is 1. The van der Waals surface area contributed by atoms with Crippen LogP contribution in [0.2, 0.25) is 0 Å². The molecular weight excluding hydrogens is 458 g/mol. The third kappa shape index (κ3) is 4.59. The lowest BCUT2D eigenvalue weighted by Crippen LogP contribution is -2.47. The van der Waals surface area contributed by atoms with Gasteiger partial charge >= 0.3 is 0 Å². The summed E-state index contributed by atoms with van der Waals surface area (Å²) in [5, 5.41) is 3.15. The van der Waals surface area contributed by atoms with Gasteiger partial charge in [-0.1, -0.05) is 67.6 Å². The van der Waals surface area contributed by atoms with E-state index in [9.17, 15) is 9.59 Å². The molecule has 4 aromatic rings. The highest BCUT2D eigenvalue weighted by Gasteiger charge is 2.32. The van der Waals surface area contributed by atoms with E-state index in [1.54, 1.807) is 0 Å². The number of carbonyl (C=O) groups excluding carboxylic acids is 2. The summed E-state index contributed by atoms with van der Waals surface area (Å²) in [6.45, 7) is 5.20. The van der Waals surface area contributed by atoms with Gasteiger partial charge in [0.05, 0.1) is 16.8 Å². The summed E-state index contributed by atoms with van der Waals surface area (Å²) in [6, 6.07) is 24.3. The van der Waals surface area contributed by atoms with Crippen LogP contribution < -0.4 is 0 Å². The number of fused-ring (bicyclic) bond motifs is 2. The van der Waals surface area contributed by atoms with Crippen molar-refractivity contribution in [2.24, 2.45) is 11.8 Å². The maximum atomic E-state index is 13.9. The molecule has 2 aliphatic heterocycles. The van der Waals surface area contributed by atoms with E-state index in [0.717, 1.165) is 65.3 Å². The smallest absolute Gasteiger partial charge is 0.254 e. The summed E-state index contributed by atoms with van der Waals surface area (Å²) < 4.78 is 0. The summed E-state index contributed by atoms with van der Waals surface area (Å²) in [6.07, 6.45) is 3.76. The summed E-state index contributed by atoms with van der Waals surface area (Å²) in [5.74, 6) is 0.911. The van der Waals surface area contributed by atoms with Gasteiger partial charge in [-0.2, -0.15) is 0 Å². The van der Waals surface area contributed by atoms with E-state index in [4.69, 9.17) is 4.98 Å². The quantitative estimate of drug-likeness (QED) is 0.345. The molecule has 2 aliphatic rings. The highest BCUT2D eigenvalue weighted by atomic mass is 16.2. The highest BCUT2D eigenvalue weighted by molar-refractivity contribution is 6.08. The molecule has 5 nitrogen and oxygen atoms in total. The number of nitrogens with zero attached hydrogens (tertiary/aromatic N) is 3. The van der Waals surface area contributed by atoms with Crippen LogP contribution in [0, 0.1) is 11.8 Å². The number of amides is 2. The molecule has 0 N–H and O–H groups in total. The van der Waals surface area contributed by atoms with Crippen molar-refractivity contribution < 1.29 is 9.59 Å². The van der Waals surface area contributed by atoms with E-state index in [1.165, 1.54) is 6.42 Å². The van der Waals surface area contributed by atoms with Crippen LogP contribution in [0.1, 0.15) is 43.0 Å². The van der Waals surface area contributed by atoms with Gasteiger partial charge in [0.1, 0.15) is 0 Å². The first-order chi connectivity index (χ1) is 18.1. The number of hydrogen-bond acceptors (Lipinski definition) is 3. The predicted octanol–water partition coefficient (Wildman–Crippen LogP) is 6.17. The molecular formula is C32H33N3O2. The fraction of sp³-hybridized carbons (Fsp3) is 0.344. The van der Waals surface area contributed by atoms with Crippen molar-refractivity contribution in [3.05, 3.63) is 78.4 Å². The second-order valence-corrected chi connectivity index (χ2v) is 10.7. The molecule has 188 valence electrons. The van der Waals surface area contributed by atoms with Crippen molar-refractivity contribution in [2.75, 3.05) is 26.2 Å². The Morgan fingerprint density at radius 1 is 0.811 bits per heavy atom. The molecule has 2 saturated heterocycles. The average Bonchev–Trinajstić information content (AvgIpc) is 2.95. The highest BCUT2D eigenvalue weighted by Crippen LogP contribution is 2.32. The maximum absolute atomic E-state index is 13.9. The molecule has 0 saturated carbocycles. The molecule has 0 radical (unpaired) electrons. The Hall–Kier alpha value is -3.73. The normalized spacial score (nSPS) is 18.9. The number of rotatable bonds is 3. The number of benzene rings is 3. The lowest BCUT2D eigenvalue weighted by molar-refractivity contribution is -0.138. The first-order valence-electron chi connectivity index (χ1n) is 13.5. The zero-order valence-electron chi connectivity index (χ0n) is 21.4. The first-order valence-corrected chi connectivity index (χ1v) is 13.5. The van der Waals surface area contributed by atoms with Crippen molar-refractivity contribution in [1.82, 2.24) is 14.8 Å². The minimum absolute atomic E-state index is 0.0229. The molecule has 1 aromatic heterocycles. The van der Waals surface area contributed by atoms with Crippen LogP contribution in [0.3, 0.4) is 0 Å². The fourth-order valence-corrected chi connectivity index (χ4v) is 6.09. The van der Waals surface area contributed by atoms with Crippen LogP contribution in [-0.4, -0.2) is 52.8 Å². The van der Waals surface area contributed by atoms with Crippen molar-refractivity contribution in [2.45, 2.75) is 32.6 Å². The Bertz CT molecular complexity index is 1470. The predicted molar refractivity (Wildman–Crippen MR) is 148 cm³/mol. The number of piperidine rings is 2. The molecule has 37 heavy (non-hydrogen) atoms. The lowest BCUT2D eigenvalue weighted by Gasteiger charge is -2.37. The lowest BCUT2D eigenvalue weighted by atomic mass is 9.92. The van der Waals surface area contributed by atoms with E-state index in [1.807, 2.05) is 53.4 Å². The van der Waals surface area contributed by atoms with Gasteiger partial charge in [-0.05, 0) is 54.5 Å². The molecule has 3 heterocycles. The molecule has 2 fully saturated rings. The second kappa shape index (κ2) is 9.97. The van der Waals surface area contributed by atoms with E-state index in [2.05, 4.69) is 36.1 Å². The van der Waals surface area contributed by atoms with Gasteiger partial charge in [0.25, 0.3) is 5.91 Å². The molecule has 1 atom stereocenters. The van der Waals surface area contributed by atoms with Crippen molar-refractivity contribution in [3.8, 4) is 11.3 Å². The number of carbonyl (C=O) groups is 2. The number of likely N-dealkylation sites (tertiary alicyclic amines) is 2. The minimum Gasteiger partial charge on any atom is -0.342 e. The van der Waals surface area contributed by atoms with Gasteiger partial charge in [-0.3, -0.25) is 9.59 Å². The van der Waals surface area contributed by atoms with Gasteiger partial charge in [0.2, 0.25) is 5.91 Å². The van der Waals surface area contributed by atoms with Crippen molar-refractivity contribution >= 4 is 33.5 Å². The van der Waals surface area contributed by atoms with Crippen LogP contribution in [0.25, 0.3) is 32.9 Å². The Kier molecular flexibility index (Phi) is 6.37. The molecule has 3 aromatic carbocycles. The molecule has 1 unspecified atom stereocenters. The molecule has 2 amide bonds. The molecule has 6 rings (SSSR count). The van der Waals surface area contributed by atoms with Gasteiger partial charge < -0.3 is 9.80 Å². The topological polar surface area (TPSA) is 53.5 Å². The summed E-state index contributed by atoms with van der Waals surface area (Å²) >= 11 is 0. The zero-order chi connectivity index (χ0) is 25.4. The van der Waals surface area contributed by atoms with Crippen LogP contribution >= 0.6 is 0 Å². The first kappa shape index (κ1) is 23.7. The fourth-order valence-electron chi connectivity index (χ4n) is 6.09. The summed E-state index contributed by atoms with van der Waals surface area (Å²) in [5.41, 5.74) is 3.34. The van der Waals surface area contributed by atoms with Crippen LogP contribution in [0.5, 0.6) is 0 Å². The Morgan fingerprint density at radius 2 is 1.54 bits per heavy atom. The van der Waals surface area contributed by atoms with Crippen molar-refractivity contribution in [1.29, 1.82) is 0 Å². The Morgan fingerprint density at radius 3 is 2.35 bits per heavy atom. The third-order valence-corrected chi connectivity index (χ3v) is 8.11. The monoisotopic (exact) mass is 491 g/mol. The van der Waals surface area contributed by atoms with Crippen LogP contribution in [0.15, 0.2) is 72.8 Å². The Balaban J connectivity index is 1.28. The molecule has 0 spiro atoms. The van der Waals surface area contributed by atoms with Gasteiger partial charge in [-0.25, -0.2) is 4.98 Å². The number of pyridine rings is 1.